The van der Waals surface area contributed by atoms with Gasteiger partial charge in [-0.1, -0.05) is 0 Å². The highest BCUT2D eigenvalue weighted by Gasteiger charge is 2.20. The molecule has 1 aromatic rings. The van der Waals surface area contributed by atoms with Crippen molar-refractivity contribution in [2.45, 2.75) is 25.9 Å². The van der Waals surface area contributed by atoms with Crippen LogP contribution in [0.15, 0.2) is 18.3 Å². The van der Waals surface area contributed by atoms with Gasteiger partial charge in [-0.15, -0.1) is 0 Å². The van der Waals surface area contributed by atoms with Gasteiger partial charge in [0.1, 0.15) is 5.82 Å². The van der Waals surface area contributed by atoms with Crippen molar-refractivity contribution >= 4 is 5.82 Å². The average molecular weight is 235 g/mol. The monoisotopic (exact) mass is 235 g/mol. The van der Waals surface area contributed by atoms with Crippen LogP contribution in [-0.2, 0) is 11.3 Å². The number of rotatable bonds is 5. The molecule has 0 saturated carbocycles. The van der Waals surface area contributed by atoms with E-state index in [0.29, 0.717) is 6.04 Å². The summed E-state index contributed by atoms with van der Waals surface area (Å²) in [5, 5.41) is 3.24. The molecule has 0 spiro atoms. The van der Waals surface area contributed by atoms with Crippen molar-refractivity contribution in [1.82, 2.24) is 9.88 Å². The number of hydrogen-bond donors (Lipinski definition) is 1. The summed E-state index contributed by atoms with van der Waals surface area (Å²) in [6.07, 6.45) is 3.01. The Morgan fingerprint density at radius 2 is 2.47 bits per heavy atom. The van der Waals surface area contributed by atoms with Gasteiger partial charge in [0.15, 0.2) is 0 Å². The summed E-state index contributed by atoms with van der Waals surface area (Å²) in [6.45, 7) is 5.70. The van der Waals surface area contributed by atoms with Gasteiger partial charge >= 0.3 is 0 Å². The molecule has 1 unspecified atom stereocenters. The lowest BCUT2D eigenvalue weighted by Crippen LogP contribution is -2.31. The van der Waals surface area contributed by atoms with Crippen LogP contribution < -0.4 is 5.32 Å². The minimum atomic E-state index is 0.561. The third kappa shape index (κ3) is 3.41. The first-order valence-corrected chi connectivity index (χ1v) is 6.26. The van der Waals surface area contributed by atoms with Crippen LogP contribution in [0.25, 0.3) is 0 Å². The fourth-order valence-corrected chi connectivity index (χ4v) is 2.14. The molecule has 1 saturated heterocycles. The second-order valence-corrected chi connectivity index (χ2v) is 4.51. The van der Waals surface area contributed by atoms with Crippen molar-refractivity contribution in [1.29, 1.82) is 0 Å². The molecule has 0 amide bonds. The maximum Gasteiger partial charge on any atom is 0.126 e. The molecular formula is C13H21N3O. The maximum atomic E-state index is 5.41. The fourth-order valence-electron chi connectivity index (χ4n) is 2.14. The van der Waals surface area contributed by atoms with E-state index in [-0.39, 0.29) is 0 Å². The first-order valence-electron chi connectivity index (χ1n) is 6.26. The predicted molar refractivity (Wildman–Crippen MR) is 69.1 cm³/mol. The second kappa shape index (κ2) is 5.98. The van der Waals surface area contributed by atoms with Gasteiger partial charge in [0, 0.05) is 31.9 Å². The van der Waals surface area contributed by atoms with Gasteiger partial charge < -0.3 is 10.1 Å². The van der Waals surface area contributed by atoms with E-state index >= 15 is 0 Å². The minimum absolute atomic E-state index is 0.561. The van der Waals surface area contributed by atoms with E-state index in [1.54, 1.807) is 0 Å². The van der Waals surface area contributed by atoms with Crippen LogP contribution in [-0.4, -0.2) is 42.7 Å². The van der Waals surface area contributed by atoms with Crippen LogP contribution in [0.3, 0.4) is 0 Å². The zero-order chi connectivity index (χ0) is 12.1. The minimum Gasteiger partial charge on any atom is -0.380 e. The second-order valence-electron chi connectivity index (χ2n) is 4.51. The number of pyridine rings is 1. The fraction of sp³-hybridized carbons (Fsp3) is 0.615. The van der Waals surface area contributed by atoms with E-state index < -0.39 is 0 Å². The van der Waals surface area contributed by atoms with Crippen LogP contribution in [0.4, 0.5) is 5.82 Å². The largest absolute Gasteiger partial charge is 0.380 e. The summed E-state index contributed by atoms with van der Waals surface area (Å²) in [5.41, 5.74) is 1.30. The molecule has 17 heavy (non-hydrogen) atoms. The van der Waals surface area contributed by atoms with Crippen molar-refractivity contribution < 1.29 is 4.74 Å². The Balaban J connectivity index is 1.94. The quantitative estimate of drug-likeness (QED) is 0.843. The van der Waals surface area contributed by atoms with Gasteiger partial charge in [-0.05, 0) is 38.1 Å². The van der Waals surface area contributed by atoms with E-state index in [0.717, 1.165) is 38.5 Å². The molecule has 1 aliphatic heterocycles. The summed E-state index contributed by atoms with van der Waals surface area (Å²) >= 11 is 0. The molecule has 2 heterocycles. The van der Waals surface area contributed by atoms with E-state index in [1.165, 1.54) is 5.56 Å². The van der Waals surface area contributed by atoms with Crippen molar-refractivity contribution in [3.8, 4) is 0 Å². The number of anilines is 1. The molecule has 1 aromatic heterocycles. The lowest BCUT2D eigenvalue weighted by molar-refractivity contribution is 0.156. The third-order valence-corrected chi connectivity index (χ3v) is 3.14. The van der Waals surface area contributed by atoms with Gasteiger partial charge in [0.2, 0.25) is 0 Å². The molecule has 0 bridgehead atoms. The van der Waals surface area contributed by atoms with Gasteiger partial charge in [0.05, 0.1) is 6.61 Å². The highest BCUT2D eigenvalue weighted by Crippen LogP contribution is 2.15. The Morgan fingerprint density at radius 1 is 1.59 bits per heavy atom. The van der Waals surface area contributed by atoms with Crippen molar-refractivity contribution in [3.63, 3.8) is 0 Å². The third-order valence-electron chi connectivity index (χ3n) is 3.14. The molecule has 4 nitrogen and oxygen atoms in total. The zero-order valence-corrected chi connectivity index (χ0v) is 10.6. The SMILES string of the molecule is CCNc1cc(CN(C)C2CCOC2)ccn1. The zero-order valence-electron chi connectivity index (χ0n) is 10.6. The number of likely N-dealkylation sites (N-methyl/N-ethyl adjacent to an activating group) is 1. The number of nitrogens with zero attached hydrogens (tertiary/aromatic N) is 2. The van der Waals surface area contributed by atoms with Crippen LogP contribution in [0, 0.1) is 0 Å². The normalized spacial score (nSPS) is 19.8. The van der Waals surface area contributed by atoms with Crippen LogP contribution in [0.2, 0.25) is 0 Å². The van der Waals surface area contributed by atoms with E-state index in [4.69, 9.17) is 4.74 Å². The Morgan fingerprint density at radius 3 is 3.18 bits per heavy atom. The van der Waals surface area contributed by atoms with Gasteiger partial charge in [-0.25, -0.2) is 4.98 Å². The van der Waals surface area contributed by atoms with Crippen LogP contribution >= 0.6 is 0 Å². The van der Waals surface area contributed by atoms with Gasteiger partial charge in [-0.3, -0.25) is 4.90 Å². The Hall–Kier alpha value is -1.13. The molecule has 1 N–H and O–H groups in total. The molecule has 94 valence electrons. The molecule has 1 fully saturated rings. The first-order chi connectivity index (χ1) is 8.29. The summed E-state index contributed by atoms with van der Waals surface area (Å²) in [6, 6.07) is 4.76. The van der Waals surface area contributed by atoms with Crippen LogP contribution in [0.1, 0.15) is 18.9 Å². The number of nitrogens with one attached hydrogen (secondary N) is 1. The maximum absolute atomic E-state index is 5.41. The molecule has 1 atom stereocenters. The van der Waals surface area contributed by atoms with E-state index in [1.807, 2.05) is 6.20 Å². The molecule has 0 aliphatic carbocycles. The summed E-state index contributed by atoms with van der Waals surface area (Å²) in [7, 11) is 2.16. The number of hydrogen-bond acceptors (Lipinski definition) is 4. The average Bonchev–Trinajstić information content (AvgIpc) is 2.83. The van der Waals surface area contributed by atoms with E-state index in [2.05, 4.69) is 41.3 Å². The van der Waals surface area contributed by atoms with E-state index in [9.17, 15) is 0 Å². The highest BCUT2D eigenvalue weighted by atomic mass is 16.5. The van der Waals surface area contributed by atoms with Crippen LogP contribution in [0.5, 0.6) is 0 Å². The molecule has 1 aliphatic rings. The lowest BCUT2D eigenvalue weighted by Gasteiger charge is -2.22. The predicted octanol–water partition coefficient (Wildman–Crippen LogP) is 1.73. The molecule has 2 rings (SSSR count). The number of ether oxygens (including phenoxy) is 1. The molecule has 4 heteroatoms. The number of aromatic nitrogens is 1. The Kier molecular flexibility index (Phi) is 4.34. The van der Waals surface area contributed by atoms with Gasteiger partial charge in [-0.2, -0.15) is 0 Å². The molecule has 0 aromatic carbocycles. The summed E-state index contributed by atoms with van der Waals surface area (Å²) in [4.78, 5) is 6.64. The molecule has 0 radical (unpaired) electrons. The summed E-state index contributed by atoms with van der Waals surface area (Å²) < 4.78 is 5.41. The van der Waals surface area contributed by atoms with Crippen molar-refractivity contribution in [2.75, 3.05) is 32.1 Å². The highest BCUT2D eigenvalue weighted by molar-refractivity contribution is 5.37. The van der Waals surface area contributed by atoms with Crippen molar-refractivity contribution in [3.05, 3.63) is 23.9 Å². The smallest absolute Gasteiger partial charge is 0.126 e. The Bertz CT molecular complexity index is 350. The van der Waals surface area contributed by atoms with Gasteiger partial charge in [0.25, 0.3) is 0 Å². The lowest BCUT2D eigenvalue weighted by atomic mass is 10.2. The first kappa shape index (κ1) is 12.3. The molecular weight excluding hydrogens is 214 g/mol. The van der Waals surface area contributed by atoms with Crippen molar-refractivity contribution in [2.24, 2.45) is 0 Å². The topological polar surface area (TPSA) is 37.4 Å². The summed E-state index contributed by atoms with van der Waals surface area (Å²) in [5.74, 6) is 0.959. The standard InChI is InChI=1S/C13H21N3O/c1-3-14-13-8-11(4-6-15-13)9-16(2)12-5-7-17-10-12/h4,6,8,12H,3,5,7,9-10H2,1-2H3,(H,14,15). The Labute approximate surface area is 103 Å².